The minimum Gasteiger partial charge on any atom is -0.351 e. The standard InChI is InChI=1S/C12H18N4O2/c1-9-10(16(17)18)11(14(2)13-9)15-7-3-4-12(8-15)5-6-12/h3-8H2,1-2H3. The Kier molecular flexibility index (Phi) is 2.36. The Morgan fingerprint density at radius 3 is 2.72 bits per heavy atom. The first-order chi connectivity index (χ1) is 8.52. The second-order valence-electron chi connectivity index (χ2n) is 5.66. The molecule has 18 heavy (non-hydrogen) atoms. The molecule has 1 aromatic rings. The first-order valence-corrected chi connectivity index (χ1v) is 6.45. The molecular formula is C12H18N4O2. The number of hydrogen-bond acceptors (Lipinski definition) is 4. The summed E-state index contributed by atoms with van der Waals surface area (Å²) in [6, 6.07) is 0. The molecule has 2 aliphatic rings. The van der Waals surface area contributed by atoms with Crippen LogP contribution in [0.1, 0.15) is 31.4 Å². The second-order valence-corrected chi connectivity index (χ2v) is 5.66. The van der Waals surface area contributed by atoms with Crippen LogP contribution >= 0.6 is 0 Å². The summed E-state index contributed by atoms with van der Waals surface area (Å²) in [4.78, 5) is 13.1. The Balaban J connectivity index is 1.98. The second kappa shape index (κ2) is 3.70. The van der Waals surface area contributed by atoms with E-state index < -0.39 is 0 Å². The summed E-state index contributed by atoms with van der Waals surface area (Å²) in [5.41, 5.74) is 1.13. The molecule has 2 heterocycles. The zero-order chi connectivity index (χ0) is 12.9. The first-order valence-electron chi connectivity index (χ1n) is 6.45. The highest BCUT2D eigenvalue weighted by Crippen LogP contribution is 2.53. The van der Waals surface area contributed by atoms with Crippen molar-refractivity contribution in [2.45, 2.75) is 32.6 Å². The van der Waals surface area contributed by atoms with E-state index >= 15 is 0 Å². The van der Waals surface area contributed by atoms with E-state index in [2.05, 4.69) is 10.00 Å². The number of rotatable bonds is 2. The number of hydrogen-bond donors (Lipinski definition) is 0. The zero-order valence-corrected chi connectivity index (χ0v) is 10.8. The highest BCUT2D eigenvalue weighted by molar-refractivity contribution is 5.61. The van der Waals surface area contributed by atoms with Crippen molar-refractivity contribution in [1.29, 1.82) is 0 Å². The predicted octanol–water partition coefficient (Wildman–Crippen LogP) is 2.02. The molecule has 1 spiro atoms. The fourth-order valence-electron chi connectivity index (χ4n) is 3.18. The molecule has 6 heteroatoms. The summed E-state index contributed by atoms with van der Waals surface area (Å²) in [5.74, 6) is 0.684. The normalized spacial score (nSPS) is 21.3. The Hall–Kier alpha value is -1.59. The molecule has 0 N–H and O–H groups in total. The summed E-state index contributed by atoms with van der Waals surface area (Å²) in [6.07, 6.45) is 4.94. The lowest BCUT2D eigenvalue weighted by molar-refractivity contribution is -0.384. The minimum absolute atomic E-state index is 0.176. The molecule has 98 valence electrons. The third kappa shape index (κ3) is 1.67. The number of piperidine rings is 1. The van der Waals surface area contributed by atoms with E-state index in [-0.39, 0.29) is 10.6 Å². The molecule has 2 fully saturated rings. The van der Waals surface area contributed by atoms with Crippen molar-refractivity contribution in [1.82, 2.24) is 9.78 Å². The summed E-state index contributed by atoms with van der Waals surface area (Å²) >= 11 is 0. The molecule has 6 nitrogen and oxygen atoms in total. The van der Waals surface area contributed by atoms with E-state index in [1.807, 2.05) is 0 Å². The van der Waals surface area contributed by atoms with Crippen LogP contribution in [0.3, 0.4) is 0 Å². The SMILES string of the molecule is Cc1nn(C)c(N2CCCC3(CC3)C2)c1[N+](=O)[O-]. The molecule has 0 aromatic carbocycles. The van der Waals surface area contributed by atoms with Crippen molar-refractivity contribution < 1.29 is 4.92 Å². The predicted molar refractivity (Wildman–Crippen MR) is 67.7 cm³/mol. The molecule has 0 bridgehead atoms. The number of aryl methyl sites for hydroxylation is 2. The Morgan fingerprint density at radius 1 is 1.39 bits per heavy atom. The maximum Gasteiger partial charge on any atom is 0.333 e. The fraction of sp³-hybridized carbons (Fsp3) is 0.750. The number of nitro groups is 1. The van der Waals surface area contributed by atoms with E-state index in [1.54, 1.807) is 18.7 Å². The minimum atomic E-state index is -0.300. The Bertz CT molecular complexity index is 504. The molecular weight excluding hydrogens is 232 g/mol. The topological polar surface area (TPSA) is 64.2 Å². The molecule has 1 saturated carbocycles. The van der Waals surface area contributed by atoms with Gasteiger partial charge in [-0.1, -0.05) is 0 Å². The van der Waals surface area contributed by atoms with Gasteiger partial charge in [-0.15, -0.1) is 0 Å². The van der Waals surface area contributed by atoms with Gasteiger partial charge in [0.2, 0.25) is 5.82 Å². The highest BCUT2D eigenvalue weighted by Gasteiger charge is 2.47. The molecule has 1 saturated heterocycles. The van der Waals surface area contributed by atoms with Crippen LogP contribution in [0.15, 0.2) is 0 Å². The maximum atomic E-state index is 11.2. The van der Waals surface area contributed by atoms with Gasteiger partial charge in [0.1, 0.15) is 5.69 Å². The molecule has 3 rings (SSSR count). The van der Waals surface area contributed by atoms with Gasteiger partial charge in [-0.2, -0.15) is 5.10 Å². The van der Waals surface area contributed by atoms with Crippen molar-refractivity contribution in [3.63, 3.8) is 0 Å². The quantitative estimate of drug-likeness (QED) is 0.595. The Labute approximate surface area is 106 Å². The van der Waals surface area contributed by atoms with Crippen LogP contribution in [-0.2, 0) is 7.05 Å². The van der Waals surface area contributed by atoms with Crippen LogP contribution in [0, 0.1) is 22.5 Å². The average molecular weight is 250 g/mol. The smallest absolute Gasteiger partial charge is 0.333 e. The summed E-state index contributed by atoms with van der Waals surface area (Å²) < 4.78 is 1.66. The van der Waals surface area contributed by atoms with Gasteiger partial charge in [0.05, 0.1) is 4.92 Å². The third-order valence-electron chi connectivity index (χ3n) is 4.26. The van der Waals surface area contributed by atoms with E-state index in [0.29, 0.717) is 16.9 Å². The van der Waals surface area contributed by atoms with Crippen molar-refractivity contribution >= 4 is 11.5 Å². The average Bonchev–Trinajstić information content (AvgIpc) is 2.95. The third-order valence-corrected chi connectivity index (χ3v) is 4.26. The maximum absolute atomic E-state index is 11.2. The van der Waals surface area contributed by atoms with Gasteiger partial charge in [-0.25, -0.2) is 4.68 Å². The number of nitrogens with zero attached hydrogens (tertiary/aromatic N) is 4. The van der Waals surface area contributed by atoms with Crippen LogP contribution < -0.4 is 4.90 Å². The van der Waals surface area contributed by atoms with E-state index in [1.165, 1.54) is 19.3 Å². The lowest BCUT2D eigenvalue weighted by Crippen LogP contribution is -2.37. The monoisotopic (exact) mass is 250 g/mol. The van der Waals surface area contributed by atoms with Crippen molar-refractivity contribution in [3.8, 4) is 0 Å². The van der Waals surface area contributed by atoms with E-state index in [4.69, 9.17) is 0 Å². The van der Waals surface area contributed by atoms with Gasteiger partial charge < -0.3 is 4.90 Å². The lowest BCUT2D eigenvalue weighted by Gasteiger charge is -2.33. The van der Waals surface area contributed by atoms with Crippen LogP contribution in [0.2, 0.25) is 0 Å². The lowest BCUT2D eigenvalue weighted by atomic mass is 9.95. The van der Waals surface area contributed by atoms with Crippen LogP contribution in [0.5, 0.6) is 0 Å². The first kappa shape index (κ1) is 11.5. The number of anilines is 1. The highest BCUT2D eigenvalue weighted by atomic mass is 16.6. The van der Waals surface area contributed by atoms with Crippen molar-refractivity contribution in [2.75, 3.05) is 18.0 Å². The van der Waals surface area contributed by atoms with Crippen LogP contribution in [0.25, 0.3) is 0 Å². The molecule has 0 radical (unpaired) electrons. The molecule has 1 aliphatic heterocycles. The van der Waals surface area contributed by atoms with Crippen molar-refractivity contribution in [2.24, 2.45) is 12.5 Å². The van der Waals surface area contributed by atoms with Gasteiger partial charge in [-0.3, -0.25) is 10.1 Å². The molecule has 0 unspecified atom stereocenters. The summed E-state index contributed by atoms with van der Waals surface area (Å²) in [6.45, 7) is 3.56. The summed E-state index contributed by atoms with van der Waals surface area (Å²) in [7, 11) is 1.80. The van der Waals surface area contributed by atoms with Crippen LogP contribution in [-0.4, -0.2) is 27.8 Å². The van der Waals surface area contributed by atoms with Gasteiger partial charge in [0.25, 0.3) is 0 Å². The molecule has 1 aliphatic carbocycles. The fourth-order valence-corrected chi connectivity index (χ4v) is 3.18. The Morgan fingerprint density at radius 2 is 2.11 bits per heavy atom. The zero-order valence-electron chi connectivity index (χ0n) is 10.8. The largest absolute Gasteiger partial charge is 0.351 e. The van der Waals surface area contributed by atoms with Crippen LogP contribution in [0.4, 0.5) is 11.5 Å². The van der Waals surface area contributed by atoms with Gasteiger partial charge in [-0.05, 0) is 38.0 Å². The molecule has 0 amide bonds. The van der Waals surface area contributed by atoms with Gasteiger partial charge in [0, 0.05) is 20.1 Å². The van der Waals surface area contributed by atoms with E-state index in [9.17, 15) is 10.1 Å². The van der Waals surface area contributed by atoms with E-state index in [0.717, 1.165) is 19.5 Å². The number of aromatic nitrogens is 2. The van der Waals surface area contributed by atoms with Gasteiger partial charge in [0.15, 0.2) is 0 Å². The molecule has 0 atom stereocenters. The molecule has 1 aromatic heterocycles. The summed E-state index contributed by atoms with van der Waals surface area (Å²) in [5, 5.41) is 15.4. The van der Waals surface area contributed by atoms with Crippen molar-refractivity contribution in [3.05, 3.63) is 15.8 Å². The van der Waals surface area contributed by atoms with Gasteiger partial charge >= 0.3 is 5.69 Å².